The average molecular weight is 1870 g/mol. The standard InChI is InChI=1S/C50H86O10SSi2.C45H78O9SSi2.CH2Cl2/c1-34-28-38(25-26-42-35(2)29-37(57-42)22-21-27-55-47(51)48(4,5)6)58-43(36(34)3)31-44-41(33-61(52,53)40-23-19-18-20-24-40)46(54-13)45(59-44)30-39(60-63(16,17)50(10,11)12)32-56-62(14,15)49(7,8)9;1-31-25-35(22-23-39-32(2)26-34(51-39)19-18-24-46)52-40(33(31)3)28-41-38(30-55(47,48)37-20-16-15-17-21-37)43(49-10)42(53-41)27-36(54-57(13,14)45(7,8)9)29-50-56(11,12)44(4,5)6;2-1-3/h18-20,23-24,34,37-39,41-46H,2-3,21-22,25-33H2,1,4-17H3;15-17,20-21,31,34-36,38-43,46H,2-3,18-19,22-30H2,1,4-14H3;1H2/t34-,37?,38+,39+,41+,42+,43?,44?,45-,46-;31-,34?,35+,36+,38+,39+,40?,41?,42-,43-;/m11./s1. The Balaban J connectivity index is 0.000000370. The van der Waals surface area contributed by atoms with Crippen LogP contribution in [0.15, 0.2) is 119 Å². The second kappa shape index (κ2) is 46.4. The predicted molar refractivity (Wildman–Crippen MR) is 511 cm³/mol. The van der Waals surface area contributed by atoms with E-state index >= 15 is 0 Å². The Hall–Kier alpha value is -2.30. The average Bonchev–Trinajstić information content (AvgIpc) is 1.64. The second-order valence-corrected chi connectivity index (χ2v) is 67.2. The van der Waals surface area contributed by atoms with Gasteiger partial charge in [0.05, 0.1) is 150 Å². The second-order valence-electron chi connectivity index (χ2n) is 43.2. The molecule has 0 amide bonds. The van der Waals surface area contributed by atoms with Crippen molar-refractivity contribution >= 4 is 82.1 Å². The lowest BCUT2D eigenvalue weighted by molar-refractivity contribution is -0.153. The molecule has 6 heterocycles. The number of aliphatic hydroxyl groups excluding tert-OH is 1. The zero-order valence-corrected chi connectivity index (χ0v) is 87.9. The third-order valence-corrected chi connectivity index (χ3v) is 50.1. The fraction of sp³-hybridized carbons (Fsp3) is 0.781. The van der Waals surface area contributed by atoms with Crippen LogP contribution in [-0.4, -0.2) is 216 Å². The summed E-state index contributed by atoms with van der Waals surface area (Å²) >= 11 is 9.53. The molecule has 19 nitrogen and oxygen atoms in total. The molecule has 8 rings (SSSR count). The van der Waals surface area contributed by atoms with Gasteiger partial charge >= 0.3 is 5.97 Å². The highest BCUT2D eigenvalue weighted by atomic mass is 35.5. The van der Waals surface area contributed by atoms with Gasteiger partial charge in [-0.2, -0.15) is 0 Å². The molecule has 0 aromatic heterocycles. The Morgan fingerprint density at radius 3 is 1.13 bits per heavy atom. The highest BCUT2D eigenvalue weighted by molar-refractivity contribution is 7.91. The number of benzene rings is 2. The summed E-state index contributed by atoms with van der Waals surface area (Å²) in [5.74, 6) is -0.883. The zero-order chi connectivity index (χ0) is 92.6. The molecule has 6 aliphatic heterocycles. The van der Waals surface area contributed by atoms with Gasteiger partial charge < -0.3 is 65.4 Å². The predicted octanol–water partition coefficient (Wildman–Crippen LogP) is 22.4. The van der Waals surface area contributed by atoms with Gasteiger partial charge in [0, 0.05) is 58.3 Å². The summed E-state index contributed by atoms with van der Waals surface area (Å²) in [5, 5.41) is 9.51. The Morgan fingerprint density at radius 1 is 0.480 bits per heavy atom. The number of esters is 1. The molecule has 6 saturated heterocycles. The van der Waals surface area contributed by atoms with Gasteiger partial charge in [0.1, 0.15) is 0 Å². The van der Waals surface area contributed by atoms with Crippen molar-refractivity contribution in [3.8, 4) is 0 Å². The summed E-state index contributed by atoms with van der Waals surface area (Å²) < 4.78 is 143. The Bertz CT molecular complexity index is 3870. The van der Waals surface area contributed by atoms with Gasteiger partial charge in [-0.1, -0.05) is 160 Å². The first kappa shape index (κ1) is 109. The van der Waals surface area contributed by atoms with Gasteiger partial charge in [-0.3, -0.25) is 4.79 Å². The third kappa shape index (κ3) is 31.7. The van der Waals surface area contributed by atoms with Crippen molar-refractivity contribution < 1.29 is 87.1 Å². The lowest BCUT2D eigenvalue weighted by atomic mass is 9.83. The molecule has 6 unspecified atom stereocenters. The van der Waals surface area contributed by atoms with E-state index in [9.17, 15) is 26.7 Å². The highest BCUT2D eigenvalue weighted by Crippen LogP contribution is 2.48. The van der Waals surface area contributed by atoms with E-state index in [-0.39, 0.29) is 127 Å². The van der Waals surface area contributed by atoms with Gasteiger partial charge in [-0.25, -0.2) is 16.8 Å². The lowest BCUT2D eigenvalue weighted by Gasteiger charge is -2.42. The van der Waals surface area contributed by atoms with Crippen LogP contribution in [0.25, 0.3) is 0 Å². The fourth-order valence-corrected chi connectivity index (χ4v) is 24.7. The largest absolute Gasteiger partial charge is 0.465 e. The smallest absolute Gasteiger partial charge is 0.311 e. The molecule has 2 aromatic carbocycles. The number of methoxy groups -OCH3 is 2. The molecular weight excluding hydrogens is 1700 g/mol. The van der Waals surface area contributed by atoms with Crippen molar-refractivity contribution in [1.29, 1.82) is 0 Å². The Kier molecular flexibility index (Phi) is 41.3. The molecule has 6 fully saturated rings. The molecule has 0 radical (unpaired) electrons. The van der Waals surface area contributed by atoms with Crippen molar-refractivity contribution in [3.63, 3.8) is 0 Å². The van der Waals surface area contributed by atoms with E-state index in [1.54, 1.807) is 62.8 Å². The first-order valence-electron chi connectivity index (χ1n) is 45.6. The molecule has 2 aromatic rings. The summed E-state index contributed by atoms with van der Waals surface area (Å²) in [4.78, 5) is 12.8. The van der Waals surface area contributed by atoms with Crippen LogP contribution in [0.3, 0.4) is 0 Å². The van der Waals surface area contributed by atoms with Gasteiger partial charge in [-0.15, -0.1) is 23.2 Å². The summed E-state index contributed by atoms with van der Waals surface area (Å²) in [7, 11) is -12.8. The van der Waals surface area contributed by atoms with Crippen molar-refractivity contribution in [2.45, 2.75) is 400 Å². The minimum Gasteiger partial charge on any atom is -0.465 e. The summed E-state index contributed by atoms with van der Waals surface area (Å²) in [5.41, 5.74) is 3.73. The van der Waals surface area contributed by atoms with Gasteiger partial charge in [0.2, 0.25) is 0 Å². The topological polar surface area (TPSA) is 226 Å². The van der Waals surface area contributed by atoms with Crippen LogP contribution in [0, 0.1) is 29.1 Å². The molecule has 0 saturated carbocycles. The number of ether oxygens (including phenoxy) is 9. The van der Waals surface area contributed by atoms with Crippen molar-refractivity contribution in [2.75, 3.05) is 57.5 Å². The maximum absolute atomic E-state index is 14.2. The van der Waals surface area contributed by atoms with E-state index in [1.165, 1.54) is 0 Å². The minimum absolute atomic E-state index is 0.000157. The highest BCUT2D eigenvalue weighted by Gasteiger charge is 2.54. The molecular formula is C96H166Cl2O19S2Si4. The quantitative estimate of drug-likeness (QED) is 0.0216. The van der Waals surface area contributed by atoms with E-state index in [0.29, 0.717) is 50.4 Å². The number of hydrogen-bond acceptors (Lipinski definition) is 19. The van der Waals surface area contributed by atoms with E-state index in [4.69, 9.17) is 83.5 Å². The normalized spacial score (nSPS) is 28.6. The Labute approximate surface area is 760 Å². The number of rotatable bonds is 39. The summed E-state index contributed by atoms with van der Waals surface area (Å²) in [6.07, 6.45) is 7.90. The van der Waals surface area contributed by atoms with Crippen LogP contribution >= 0.6 is 23.2 Å². The summed E-state index contributed by atoms with van der Waals surface area (Å²) in [6, 6.07) is 17.4. The zero-order valence-electron chi connectivity index (χ0n) is 80.8. The number of sulfone groups is 2. The number of aliphatic hydroxyl groups is 1. The van der Waals surface area contributed by atoms with Crippen LogP contribution in [0.2, 0.25) is 72.5 Å². The maximum Gasteiger partial charge on any atom is 0.311 e. The van der Waals surface area contributed by atoms with Crippen molar-refractivity contribution in [3.05, 3.63) is 109 Å². The van der Waals surface area contributed by atoms with Crippen molar-refractivity contribution in [2.24, 2.45) is 29.1 Å². The van der Waals surface area contributed by atoms with Crippen LogP contribution in [0.5, 0.6) is 0 Å². The van der Waals surface area contributed by atoms with E-state index < -0.39 is 107 Å². The van der Waals surface area contributed by atoms with Gasteiger partial charge in [0.25, 0.3) is 0 Å². The lowest BCUT2D eigenvalue weighted by Crippen LogP contribution is -2.49. The first-order valence-corrected chi connectivity index (χ1v) is 61.6. The van der Waals surface area contributed by atoms with E-state index in [2.05, 4.69) is 176 Å². The molecule has 20 atom stereocenters. The first-order chi connectivity index (χ1) is 56.8. The van der Waals surface area contributed by atoms with Crippen LogP contribution in [-0.2, 0) is 84.8 Å². The number of carbonyl (C=O) groups excluding carboxylic acids is 1. The SMILES string of the molecule is C=C1C(CC2O[C@H](C[C@@H](CO[Si](C)(C)C(C)(C)C)O[Si](C)(C)C(C)(C)C)[C@H](OC)[C@H]2CS(=O)(=O)c2ccccc2)O[C@@H](CC[C@@H]2OC(CCCO)CC2=C)C[C@H]1C.C=C1C(CC2O[C@H](C[C@@H](CO[Si](C)(C)C(C)(C)C)O[Si](C)(C)C(C)(C)C)[C@H](OC)[C@H]2CS(=O)(=O)c2ccccc2)O[C@@H](CC[C@@H]2OC(CCCOC(=O)C(C)(C)C)CC2=C)C[C@H]1C.ClCCl. The molecule has 0 bridgehead atoms. The van der Waals surface area contributed by atoms with Crippen LogP contribution < -0.4 is 0 Å². The molecule has 0 spiro atoms. The molecule has 6 aliphatic rings. The van der Waals surface area contributed by atoms with Gasteiger partial charge in [-0.05, 0) is 229 Å². The van der Waals surface area contributed by atoms with E-state index in [0.717, 1.165) is 99.3 Å². The van der Waals surface area contributed by atoms with E-state index in [1.807, 2.05) is 32.9 Å². The number of hydrogen-bond donors (Lipinski definition) is 1. The summed E-state index contributed by atoms with van der Waals surface area (Å²) in [6.45, 7) is 74.2. The van der Waals surface area contributed by atoms with Crippen LogP contribution in [0.1, 0.15) is 220 Å². The van der Waals surface area contributed by atoms with Crippen molar-refractivity contribution in [1.82, 2.24) is 0 Å². The molecule has 0 aliphatic carbocycles. The van der Waals surface area contributed by atoms with Gasteiger partial charge in [0.15, 0.2) is 52.9 Å². The molecule has 27 heteroatoms. The minimum atomic E-state index is -3.70. The number of carbonyl (C=O) groups is 1. The third-order valence-electron chi connectivity index (χ3n) is 28.4. The molecule has 706 valence electrons. The molecule has 123 heavy (non-hydrogen) atoms. The van der Waals surface area contributed by atoms with Crippen LogP contribution in [0.4, 0.5) is 0 Å². The number of halogens is 2. The monoisotopic (exact) mass is 1870 g/mol. The Morgan fingerprint density at radius 2 is 0.813 bits per heavy atom. The maximum atomic E-state index is 14.2. The number of alkyl halides is 2. The molecule has 1 N–H and O–H groups in total. The fourth-order valence-electron chi connectivity index (χ4n) is 16.5.